The molecule has 0 bridgehead atoms. The van der Waals surface area contributed by atoms with Crippen LogP contribution in [0, 0.1) is 6.92 Å². The first kappa shape index (κ1) is 28.3. The number of esters is 3. The van der Waals surface area contributed by atoms with Crippen LogP contribution in [0.1, 0.15) is 57.4 Å². The summed E-state index contributed by atoms with van der Waals surface area (Å²) in [6.07, 6.45) is -1.13. The van der Waals surface area contributed by atoms with Crippen LogP contribution in [0.2, 0.25) is 0 Å². The van der Waals surface area contributed by atoms with Gasteiger partial charge in [-0.25, -0.2) is 14.4 Å². The van der Waals surface area contributed by atoms with Crippen molar-refractivity contribution < 1.29 is 43.2 Å². The molecule has 1 atom stereocenters. The standard InChI is InChI=1S/C25H30O9/c1-14(2)18(7)33-12-19(27)13-34-25(30)22-10-16(5)20(11-21(22)17(6)26)24(29)32-9-8-31-23(28)15(3)4/h10-11,19,27H,1,3,7-9,12-13H2,2,4-6H3. The number of carbonyl (C=O) groups excluding carboxylic acids is 4. The zero-order chi connectivity index (χ0) is 26.0. The van der Waals surface area contributed by atoms with Gasteiger partial charge in [0.2, 0.25) is 0 Å². The first-order valence-corrected chi connectivity index (χ1v) is 10.3. The number of rotatable bonds is 13. The predicted octanol–water partition coefficient (Wildman–Crippen LogP) is 3.10. The molecule has 0 radical (unpaired) electrons. The Morgan fingerprint density at radius 3 is 1.91 bits per heavy atom. The third-order valence-corrected chi connectivity index (χ3v) is 4.41. The molecule has 34 heavy (non-hydrogen) atoms. The minimum atomic E-state index is -1.13. The largest absolute Gasteiger partial charge is 0.491 e. The second kappa shape index (κ2) is 13.1. The van der Waals surface area contributed by atoms with Crippen molar-refractivity contribution in [2.24, 2.45) is 0 Å². The quantitative estimate of drug-likeness (QED) is 0.0873. The number of aryl methyl sites for hydroxylation is 1. The zero-order valence-corrected chi connectivity index (χ0v) is 19.9. The second-order valence-electron chi connectivity index (χ2n) is 7.59. The number of hydrogen-bond donors (Lipinski definition) is 1. The van der Waals surface area contributed by atoms with Crippen LogP contribution >= 0.6 is 0 Å². The minimum absolute atomic E-state index is 0.0438. The number of Topliss-reactive ketones (excluding diaryl/α,β-unsaturated/α-hetero) is 1. The Hall–Kier alpha value is -3.72. The van der Waals surface area contributed by atoms with Crippen molar-refractivity contribution in [3.05, 3.63) is 71.0 Å². The Labute approximate surface area is 198 Å². The highest BCUT2D eigenvalue weighted by atomic mass is 16.6. The van der Waals surface area contributed by atoms with Crippen molar-refractivity contribution in [2.75, 3.05) is 26.4 Å². The predicted molar refractivity (Wildman–Crippen MR) is 123 cm³/mol. The summed E-state index contributed by atoms with van der Waals surface area (Å²) in [5.41, 5.74) is 1.14. The molecule has 0 aliphatic carbocycles. The van der Waals surface area contributed by atoms with Gasteiger partial charge in [0.25, 0.3) is 0 Å². The first-order chi connectivity index (χ1) is 15.8. The van der Waals surface area contributed by atoms with E-state index in [1.807, 2.05) is 0 Å². The average molecular weight is 475 g/mol. The number of allylic oxidation sites excluding steroid dienone is 1. The topological polar surface area (TPSA) is 125 Å². The van der Waals surface area contributed by atoms with Gasteiger partial charge in [0.05, 0.1) is 11.1 Å². The summed E-state index contributed by atoms with van der Waals surface area (Å²) in [5, 5.41) is 9.96. The fourth-order valence-electron chi connectivity index (χ4n) is 2.48. The molecular weight excluding hydrogens is 444 g/mol. The van der Waals surface area contributed by atoms with Crippen LogP contribution in [-0.2, 0) is 23.7 Å². The van der Waals surface area contributed by atoms with E-state index in [2.05, 4.69) is 19.7 Å². The van der Waals surface area contributed by atoms with Crippen LogP contribution in [0.25, 0.3) is 0 Å². The van der Waals surface area contributed by atoms with E-state index in [9.17, 15) is 24.3 Å². The molecule has 0 saturated carbocycles. The molecule has 0 saturated heterocycles. The fraction of sp³-hybridized carbons (Fsp3) is 0.360. The van der Waals surface area contributed by atoms with E-state index in [0.29, 0.717) is 16.9 Å². The maximum absolute atomic E-state index is 12.6. The number of ether oxygens (including phenoxy) is 4. The molecular formula is C25H30O9. The first-order valence-electron chi connectivity index (χ1n) is 10.3. The van der Waals surface area contributed by atoms with Crippen LogP contribution < -0.4 is 0 Å². The molecule has 9 nitrogen and oxygen atoms in total. The molecule has 0 amide bonds. The van der Waals surface area contributed by atoms with Gasteiger partial charge in [0, 0.05) is 11.1 Å². The highest BCUT2D eigenvalue weighted by Crippen LogP contribution is 2.20. The number of carbonyl (C=O) groups is 4. The van der Waals surface area contributed by atoms with Crippen molar-refractivity contribution in [3.8, 4) is 0 Å². The Kier molecular flexibility index (Phi) is 10.9. The molecule has 0 aliphatic heterocycles. The molecule has 0 aromatic heterocycles. The number of benzene rings is 1. The van der Waals surface area contributed by atoms with E-state index in [0.717, 1.165) is 0 Å². The van der Waals surface area contributed by atoms with Crippen LogP contribution in [0.5, 0.6) is 0 Å². The third kappa shape index (κ3) is 8.67. The molecule has 0 spiro atoms. The lowest BCUT2D eigenvalue weighted by molar-refractivity contribution is -0.140. The van der Waals surface area contributed by atoms with Gasteiger partial charge in [0.15, 0.2) is 5.78 Å². The van der Waals surface area contributed by atoms with Crippen molar-refractivity contribution >= 4 is 23.7 Å². The number of aliphatic hydroxyl groups excluding tert-OH is 1. The summed E-state index contributed by atoms with van der Waals surface area (Å²) in [7, 11) is 0. The molecule has 0 heterocycles. The third-order valence-electron chi connectivity index (χ3n) is 4.41. The van der Waals surface area contributed by atoms with Gasteiger partial charge in [-0.1, -0.05) is 19.7 Å². The number of ketones is 1. The molecule has 1 rings (SSSR count). The highest BCUT2D eigenvalue weighted by molar-refractivity contribution is 6.07. The molecule has 1 aromatic carbocycles. The van der Waals surface area contributed by atoms with Crippen molar-refractivity contribution in [2.45, 2.75) is 33.8 Å². The lowest BCUT2D eigenvalue weighted by atomic mass is 9.97. The molecule has 1 aromatic rings. The Morgan fingerprint density at radius 2 is 1.35 bits per heavy atom. The van der Waals surface area contributed by atoms with Crippen molar-refractivity contribution in [3.63, 3.8) is 0 Å². The Balaban J connectivity index is 2.84. The summed E-state index contributed by atoms with van der Waals surface area (Å²) in [6.45, 7) is 15.8. The summed E-state index contributed by atoms with van der Waals surface area (Å²) >= 11 is 0. The van der Waals surface area contributed by atoms with Gasteiger partial charge >= 0.3 is 17.9 Å². The maximum atomic E-state index is 12.6. The van der Waals surface area contributed by atoms with E-state index < -0.39 is 29.8 Å². The molecule has 1 unspecified atom stereocenters. The zero-order valence-electron chi connectivity index (χ0n) is 19.9. The SMILES string of the molecule is C=C(C)C(=C)OCC(O)COC(=O)c1cc(C)c(C(=O)OCCOC(=O)C(=C)C)cc1C(C)=O. The summed E-state index contributed by atoms with van der Waals surface area (Å²) in [6, 6.07) is 2.58. The van der Waals surface area contributed by atoms with E-state index in [1.165, 1.54) is 26.0 Å². The molecule has 0 aliphatic rings. The average Bonchev–Trinajstić information content (AvgIpc) is 2.77. The van der Waals surface area contributed by atoms with E-state index in [-0.39, 0.29) is 48.7 Å². The smallest absolute Gasteiger partial charge is 0.338 e. The van der Waals surface area contributed by atoms with Crippen LogP contribution in [0.3, 0.4) is 0 Å². The van der Waals surface area contributed by atoms with Gasteiger partial charge in [-0.3, -0.25) is 4.79 Å². The highest BCUT2D eigenvalue weighted by Gasteiger charge is 2.22. The van der Waals surface area contributed by atoms with E-state index >= 15 is 0 Å². The monoisotopic (exact) mass is 474 g/mol. The summed E-state index contributed by atoms with van der Waals surface area (Å²) < 4.78 is 20.3. The van der Waals surface area contributed by atoms with E-state index in [1.54, 1.807) is 13.8 Å². The lowest BCUT2D eigenvalue weighted by Gasteiger charge is -2.16. The fourth-order valence-corrected chi connectivity index (χ4v) is 2.48. The van der Waals surface area contributed by atoms with Crippen molar-refractivity contribution in [1.29, 1.82) is 0 Å². The van der Waals surface area contributed by atoms with Gasteiger partial charge in [-0.2, -0.15) is 0 Å². The van der Waals surface area contributed by atoms with Gasteiger partial charge in [0.1, 0.15) is 38.3 Å². The van der Waals surface area contributed by atoms with Gasteiger partial charge in [-0.15, -0.1) is 0 Å². The number of aliphatic hydroxyl groups is 1. The Morgan fingerprint density at radius 1 is 0.794 bits per heavy atom. The summed E-state index contributed by atoms with van der Waals surface area (Å²) in [5.74, 6) is -2.38. The lowest BCUT2D eigenvalue weighted by Crippen LogP contribution is -2.24. The molecule has 9 heteroatoms. The molecule has 0 fully saturated rings. The molecule has 184 valence electrons. The van der Waals surface area contributed by atoms with Crippen molar-refractivity contribution in [1.82, 2.24) is 0 Å². The second-order valence-corrected chi connectivity index (χ2v) is 7.59. The van der Waals surface area contributed by atoms with Crippen LogP contribution in [0.15, 0.2) is 48.8 Å². The van der Waals surface area contributed by atoms with Gasteiger partial charge < -0.3 is 24.1 Å². The van der Waals surface area contributed by atoms with Gasteiger partial charge in [-0.05, 0) is 51.0 Å². The minimum Gasteiger partial charge on any atom is -0.491 e. The summed E-state index contributed by atoms with van der Waals surface area (Å²) in [4.78, 5) is 48.4. The maximum Gasteiger partial charge on any atom is 0.338 e. The van der Waals surface area contributed by atoms with Crippen LogP contribution in [-0.4, -0.2) is 61.3 Å². The number of hydrogen-bond acceptors (Lipinski definition) is 9. The molecule has 1 N–H and O–H groups in total. The van der Waals surface area contributed by atoms with Crippen LogP contribution in [0.4, 0.5) is 0 Å². The van der Waals surface area contributed by atoms with E-state index in [4.69, 9.17) is 18.9 Å². The Bertz CT molecular complexity index is 1000. The normalized spacial score (nSPS) is 11.1.